The Kier molecular flexibility index (Phi) is 8.56. The molecule has 0 aliphatic heterocycles. The molecule has 2 N–H and O–H groups in total. The molecule has 3 aromatic carbocycles. The lowest BCUT2D eigenvalue weighted by molar-refractivity contribution is 0.282. The first-order valence-electron chi connectivity index (χ1n) is 13.3. The maximum atomic E-state index is 13.7. The first-order valence-corrected chi connectivity index (χ1v) is 14.9. The van der Waals surface area contributed by atoms with Crippen LogP contribution in [0.1, 0.15) is 28.2 Å². The van der Waals surface area contributed by atoms with Crippen LogP contribution in [-0.4, -0.2) is 35.6 Å². The van der Waals surface area contributed by atoms with E-state index in [1.165, 1.54) is 53.6 Å². The quantitative estimate of drug-likeness (QED) is 0.220. The predicted octanol–water partition coefficient (Wildman–Crippen LogP) is 5.31. The number of fused-ring (bicyclic) bond motifs is 1. The average molecular weight is 698 g/mol. The van der Waals surface area contributed by atoms with Crippen LogP contribution in [0.4, 0.5) is 0 Å². The summed E-state index contributed by atoms with van der Waals surface area (Å²) in [7, 11) is 7.41. The number of hydrogen-bond acceptors (Lipinski definition) is 8. The smallest absolute Gasteiger partial charge is 0.262 e. The van der Waals surface area contributed by atoms with Gasteiger partial charge in [0.25, 0.3) is 11.1 Å². The van der Waals surface area contributed by atoms with Crippen LogP contribution in [0, 0.1) is 9.54 Å². The molecule has 0 unspecified atom stereocenters. The van der Waals surface area contributed by atoms with E-state index in [0.29, 0.717) is 21.5 Å². The van der Waals surface area contributed by atoms with Gasteiger partial charge in [-0.3, -0.25) is 27.9 Å². The third-order valence-corrected chi connectivity index (χ3v) is 9.38. The van der Waals surface area contributed by atoms with E-state index < -0.39 is 28.8 Å². The molecule has 0 spiro atoms. The highest BCUT2D eigenvalue weighted by atomic mass is 79.9. The Morgan fingerprint density at radius 2 is 1.34 bits per heavy atom. The van der Waals surface area contributed by atoms with Gasteiger partial charge in [-0.1, -0.05) is 36.4 Å². The molecule has 13 heteroatoms. The number of halogens is 1. The van der Waals surface area contributed by atoms with Crippen LogP contribution >= 0.6 is 40.4 Å². The van der Waals surface area contributed by atoms with Gasteiger partial charge in [0.2, 0.25) is 11.8 Å². The number of benzene rings is 3. The van der Waals surface area contributed by atoms with Crippen LogP contribution in [0.15, 0.2) is 68.7 Å². The van der Waals surface area contributed by atoms with Gasteiger partial charge in [0.15, 0.2) is 21.0 Å². The van der Waals surface area contributed by atoms with Crippen LogP contribution in [0.5, 0.6) is 23.3 Å². The summed E-state index contributed by atoms with van der Waals surface area (Å²) >= 11 is 14.2. The summed E-state index contributed by atoms with van der Waals surface area (Å²) in [5.41, 5.74) is -0.350. The molecule has 0 bridgehead atoms. The predicted molar refractivity (Wildman–Crippen MR) is 176 cm³/mol. The highest BCUT2D eigenvalue weighted by Crippen LogP contribution is 2.44. The monoisotopic (exact) mass is 696 g/mol. The van der Waals surface area contributed by atoms with Crippen LogP contribution in [0.3, 0.4) is 0 Å². The zero-order chi connectivity index (χ0) is 32.0. The molecule has 0 radical (unpaired) electrons. The van der Waals surface area contributed by atoms with E-state index in [9.17, 15) is 19.8 Å². The third-order valence-electron chi connectivity index (χ3n) is 7.69. The number of methoxy groups -OCH3 is 1. The van der Waals surface area contributed by atoms with Crippen LogP contribution in [0.2, 0.25) is 0 Å². The second kappa shape index (κ2) is 12.1. The van der Waals surface area contributed by atoms with Gasteiger partial charge in [0, 0.05) is 28.2 Å². The van der Waals surface area contributed by atoms with Crippen molar-refractivity contribution in [2.45, 2.75) is 12.5 Å². The molecule has 44 heavy (non-hydrogen) atoms. The van der Waals surface area contributed by atoms with Gasteiger partial charge in [-0.05, 0) is 80.5 Å². The molecular weight excluding hydrogens is 668 g/mol. The first-order chi connectivity index (χ1) is 20.9. The maximum Gasteiger partial charge on any atom is 0.262 e. The standard InChI is InChI=1S/C31H29BrN4O6S2/c1-33-26(37)23(27(38)34(2)30(33)43)22(24-28(39)35(3)31(44)36(4)29(24)40)19-13-20(32)25(21(14-19)41-5)42-15-16-10-11-17-8-6-7-9-18(17)12-16/h6-14,22,37,39H,15H2,1-5H3. The van der Waals surface area contributed by atoms with Crippen molar-refractivity contribution in [1.29, 1.82) is 0 Å². The van der Waals surface area contributed by atoms with E-state index in [2.05, 4.69) is 15.9 Å². The largest absolute Gasteiger partial charge is 0.494 e. The number of ether oxygens (including phenoxy) is 2. The van der Waals surface area contributed by atoms with Gasteiger partial charge in [0.1, 0.15) is 6.61 Å². The number of nitrogens with zero attached hydrogens (tertiary/aromatic N) is 4. The van der Waals surface area contributed by atoms with Gasteiger partial charge in [0.05, 0.1) is 28.6 Å². The van der Waals surface area contributed by atoms with Gasteiger partial charge < -0.3 is 19.7 Å². The summed E-state index contributed by atoms with van der Waals surface area (Å²) in [6, 6.07) is 17.3. The Morgan fingerprint density at radius 1 is 0.795 bits per heavy atom. The van der Waals surface area contributed by atoms with Crippen molar-refractivity contribution in [2.75, 3.05) is 7.11 Å². The van der Waals surface area contributed by atoms with Gasteiger partial charge in [-0.15, -0.1) is 0 Å². The fourth-order valence-electron chi connectivity index (χ4n) is 5.23. The first kappa shape index (κ1) is 31.2. The Hall–Kier alpha value is -4.20. The molecule has 228 valence electrons. The minimum Gasteiger partial charge on any atom is -0.494 e. The van der Waals surface area contributed by atoms with Crippen molar-refractivity contribution in [3.8, 4) is 23.3 Å². The maximum absolute atomic E-state index is 13.7. The Bertz CT molecular complexity index is 2120. The van der Waals surface area contributed by atoms with E-state index in [1.54, 1.807) is 12.1 Å². The second-order valence-corrected chi connectivity index (χ2v) is 11.9. The van der Waals surface area contributed by atoms with Gasteiger partial charge in [-0.25, -0.2) is 0 Å². The molecular formula is C31H29BrN4O6S2. The van der Waals surface area contributed by atoms with Gasteiger partial charge in [-0.2, -0.15) is 0 Å². The topological polar surface area (TPSA) is 113 Å². The SMILES string of the molecule is COc1cc(C(c2c(O)n(C)c(=S)n(C)c2=O)c2c(O)n(C)c(=S)n(C)c2=O)cc(Br)c1OCc1ccc2ccccc2c1. The summed E-state index contributed by atoms with van der Waals surface area (Å²) < 4.78 is 17.4. The molecule has 2 heterocycles. The zero-order valence-corrected chi connectivity index (χ0v) is 27.7. The van der Waals surface area contributed by atoms with Crippen LogP contribution in [0.25, 0.3) is 10.8 Å². The van der Waals surface area contributed by atoms with E-state index in [-0.39, 0.29) is 27.3 Å². The molecule has 0 fully saturated rings. The fourth-order valence-corrected chi connectivity index (χ4v) is 6.15. The molecule has 5 rings (SSSR count). The lowest BCUT2D eigenvalue weighted by Gasteiger charge is -2.24. The van der Waals surface area contributed by atoms with Crippen molar-refractivity contribution in [3.63, 3.8) is 0 Å². The average Bonchev–Trinajstić information content (AvgIpc) is 3.02. The third kappa shape index (κ3) is 5.24. The van der Waals surface area contributed by atoms with Crippen LogP contribution in [-0.2, 0) is 34.8 Å². The summed E-state index contributed by atoms with van der Waals surface area (Å²) in [5.74, 6) is -1.50. The number of hydrogen-bond donors (Lipinski definition) is 2. The van der Waals surface area contributed by atoms with Crippen molar-refractivity contribution in [1.82, 2.24) is 18.3 Å². The van der Waals surface area contributed by atoms with Gasteiger partial charge >= 0.3 is 0 Å². The molecule has 0 aliphatic carbocycles. The molecule has 0 aliphatic rings. The van der Waals surface area contributed by atoms with Crippen molar-refractivity contribution in [2.24, 2.45) is 28.2 Å². The molecule has 0 saturated carbocycles. The normalized spacial score (nSPS) is 11.3. The van der Waals surface area contributed by atoms with Crippen molar-refractivity contribution in [3.05, 3.63) is 112 Å². The van der Waals surface area contributed by atoms with E-state index in [0.717, 1.165) is 16.3 Å². The number of aromatic nitrogens is 4. The summed E-state index contributed by atoms with van der Waals surface area (Å²) in [6.45, 7) is 0.234. The Balaban J connectivity index is 1.72. The minimum atomic E-state index is -1.27. The molecule has 0 saturated heterocycles. The van der Waals surface area contributed by atoms with E-state index in [1.807, 2.05) is 42.5 Å². The molecule has 0 atom stereocenters. The lowest BCUT2D eigenvalue weighted by Crippen LogP contribution is -2.33. The summed E-state index contributed by atoms with van der Waals surface area (Å²) in [4.78, 5) is 27.4. The lowest BCUT2D eigenvalue weighted by atomic mass is 9.86. The molecule has 2 aromatic heterocycles. The van der Waals surface area contributed by atoms with Crippen molar-refractivity contribution >= 4 is 51.1 Å². The highest BCUT2D eigenvalue weighted by Gasteiger charge is 2.33. The van der Waals surface area contributed by atoms with E-state index in [4.69, 9.17) is 33.9 Å². The Morgan fingerprint density at radius 3 is 1.89 bits per heavy atom. The highest BCUT2D eigenvalue weighted by molar-refractivity contribution is 9.10. The molecule has 5 aromatic rings. The minimum absolute atomic E-state index is 0.0646. The second-order valence-electron chi connectivity index (χ2n) is 10.3. The fraction of sp³-hybridized carbons (Fsp3) is 0.226. The molecule has 0 amide bonds. The van der Waals surface area contributed by atoms with Crippen molar-refractivity contribution < 1.29 is 19.7 Å². The van der Waals surface area contributed by atoms with Crippen LogP contribution < -0.4 is 20.6 Å². The zero-order valence-electron chi connectivity index (χ0n) is 24.5. The number of rotatable bonds is 7. The number of aromatic hydroxyl groups is 2. The molecule has 10 nitrogen and oxygen atoms in total. The summed E-state index contributed by atoms with van der Waals surface area (Å²) in [5, 5.41) is 24.8. The Labute approximate surface area is 270 Å². The van der Waals surface area contributed by atoms with E-state index >= 15 is 0 Å². The summed E-state index contributed by atoms with van der Waals surface area (Å²) in [6.07, 6.45) is 0.